The highest BCUT2D eigenvalue weighted by atomic mass is 32.2. The van der Waals surface area contributed by atoms with Crippen molar-refractivity contribution in [2.75, 3.05) is 13.1 Å². The SMILES string of the molecule is CC(=O)NCCc1ccc(C)cc1-c1cccc(F)c1.Cc1ccc(C=O)c(-c2cccc(F)c2)c1.Cc1ccc(C=O)c(OS(=O)(=O)C(F)(F)F)c1.Cc1ccc(CCN)c(-c2cccc(F)c2)c1.O=Cc1ccc(O)cc1O. The molecule has 1 amide bonds. The Kier molecular flexibility index (Phi) is 24.1. The number of carbonyl (C=O) groups is 4. The van der Waals surface area contributed by atoms with E-state index in [1.54, 1.807) is 36.4 Å². The average molecular weight is 1120 g/mol. The lowest BCUT2D eigenvalue weighted by atomic mass is 9.95. The number of aldehydes is 3. The fraction of sp³-hybridized carbons (Fsp3) is 0.161. The lowest BCUT2D eigenvalue weighted by Gasteiger charge is -2.11. The molecule has 11 nitrogen and oxygen atoms in total. The molecule has 0 unspecified atom stereocenters. The van der Waals surface area contributed by atoms with Crippen molar-refractivity contribution in [3.8, 4) is 50.6 Å². The smallest absolute Gasteiger partial charge is 0.508 e. The summed E-state index contributed by atoms with van der Waals surface area (Å²) in [5, 5.41) is 20.4. The van der Waals surface area contributed by atoms with Gasteiger partial charge in [-0.2, -0.15) is 21.6 Å². The molecule has 0 aliphatic carbocycles. The van der Waals surface area contributed by atoms with Crippen LogP contribution in [0.1, 0.15) is 71.4 Å². The molecule has 0 aromatic heterocycles. The van der Waals surface area contributed by atoms with Gasteiger partial charge < -0.3 is 25.4 Å². The minimum atomic E-state index is -5.76. The van der Waals surface area contributed by atoms with Gasteiger partial charge in [0, 0.05) is 25.1 Å². The number of hydrogen-bond donors (Lipinski definition) is 4. The number of carbonyl (C=O) groups excluding carboxylic acids is 4. The summed E-state index contributed by atoms with van der Waals surface area (Å²) in [6.07, 6.45) is 3.06. The number of amides is 1. The Hall–Kier alpha value is -8.87. The largest absolute Gasteiger partial charge is 0.534 e. The van der Waals surface area contributed by atoms with E-state index < -0.39 is 21.4 Å². The van der Waals surface area contributed by atoms with E-state index in [2.05, 4.69) is 33.8 Å². The van der Waals surface area contributed by atoms with E-state index in [1.807, 2.05) is 57.2 Å². The van der Waals surface area contributed by atoms with Crippen LogP contribution < -0.4 is 15.2 Å². The van der Waals surface area contributed by atoms with Gasteiger partial charge in [-0.1, -0.05) is 114 Å². The van der Waals surface area contributed by atoms with Crippen molar-refractivity contribution in [2.45, 2.75) is 53.0 Å². The summed E-state index contributed by atoms with van der Waals surface area (Å²) in [5.74, 6) is -1.67. The second-order valence-electron chi connectivity index (χ2n) is 17.8. The second-order valence-corrected chi connectivity index (χ2v) is 19.4. The van der Waals surface area contributed by atoms with E-state index in [-0.39, 0.29) is 52.3 Å². The van der Waals surface area contributed by atoms with Crippen LogP contribution in [-0.4, -0.2) is 62.0 Å². The lowest BCUT2D eigenvalue weighted by molar-refractivity contribution is -0.118. The van der Waals surface area contributed by atoms with E-state index in [9.17, 15) is 53.9 Å². The van der Waals surface area contributed by atoms with Crippen LogP contribution in [0.5, 0.6) is 17.2 Å². The molecule has 8 aromatic carbocycles. The Bertz CT molecular complexity index is 3530. The number of nitrogens with one attached hydrogen (secondary N) is 1. The molecule has 0 heterocycles. The molecule has 0 spiro atoms. The van der Waals surface area contributed by atoms with E-state index in [0.29, 0.717) is 30.5 Å². The van der Waals surface area contributed by atoms with E-state index in [0.717, 1.165) is 81.3 Å². The van der Waals surface area contributed by atoms with Crippen LogP contribution in [-0.2, 0) is 27.8 Å². The molecule has 0 atom stereocenters. The number of phenols is 2. The number of hydrogen-bond acceptors (Lipinski definition) is 10. The van der Waals surface area contributed by atoms with Crippen LogP contribution in [0.15, 0.2) is 164 Å². The van der Waals surface area contributed by atoms with Crippen molar-refractivity contribution in [1.82, 2.24) is 5.32 Å². The molecule has 18 heteroatoms. The van der Waals surface area contributed by atoms with E-state index >= 15 is 0 Å². The topological polar surface area (TPSA) is 190 Å². The number of rotatable bonds is 13. The number of nitrogens with two attached hydrogens (primary N) is 1. The Balaban J connectivity index is 0.000000218. The maximum absolute atomic E-state index is 13.4. The highest BCUT2D eigenvalue weighted by Crippen LogP contribution is 2.31. The molecule has 0 radical (unpaired) electrons. The minimum absolute atomic E-state index is 0.0376. The number of halogens is 6. The van der Waals surface area contributed by atoms with Gasteiger partial charge in [-0.25, -0.2) is 13.2 Å². The molecule has 8 rings (SSSR count). The number of aromatic hydroxyl groups is 2. The maximum Gasteiger partial charge on any atom is 0.534 e. The average Bonchev–Trinajstić information content (AvgIpc) is 3.45. The zero-order valence-electron chi connectivity index (χ0n) is 44.2. The highest BCUT2D eigenvalue weighted by Gasteiger charge is 2.48. The van der Waals surface area contributed by atoms with Gasteiger partial charge in [0.25, 0.3) is 0 Å². The standard InChI is InChI=1S/C17H18FNO.C15H16FN.C14H11FO.C9H7F3O4S.C7H6O3/c1-12-6-7-14(8-9-19-13(2)20)17(10-12)15-4-3-5-16(18)11-15;1-11-5-6-12(7-8-17)15(9-11)13-3-2-4-14(16)10-13;1-10-5-6-12(9-16)14(7-10)11-3-2-4-13(15)8-11;1-6-2-3-7(5-13)8(4-6)16-17(14,15)9(10,11)12;8-4-5-1-2-6(9)3-7(5)10/h3-7,10-11H,8-9H2,1-2H3,(H,19,20);2-6,9-10H,7-8,17H2,1H3;2-9H,1H3;2-5H,1H3;1-4,9-10H. The maximum atomic E-state index is 13.4. The highest BCUT2D eigenvalue weighted by molar-refractivity contribution is 7.88. The van der Waals surface area contributed by atoms with Gasteiger partial charge in [0.1, 0.15) is 29.0 Å². The number of aryl methyl sites for hydroxylation is 4. The van der Waals surface area contributed by atoms with Crippen LogP contribution >= 0.6 is 0 Å². The van der Waals surface area contributed by atoms with Gasteiger partial charge in [-0.3, -0.25) is 19.2 Å². The molecule has 0 saturated carbocycles. The van der Waals surface area contributed by atoms with Gasteiger partial charge >= 0.3 is 15.6 Å². The summed E-state index contributed by atoms with van der Waals surface area (Å²) in [7, 11) is -5.76. The first-order chi connectivity index (χ1) is 37.9. The zero-order valence-corrected chi connectivity index (χ0v) is 45.0. The van der Waals surface area contributed by atoms with E-state index in [4.69, 9.17) is 15.9 Å². The van der Waals surface area contributed by atoms with Gasteiger partial charge in [-0.05, 0) is 158 Å². The molecule has 0 aliphatic rings. The molecule has 5 N–H and O–H groups in total. The number of alkyl halides is 3. The summed E-state index contributed by atoms with van der Waals surface area (Å²) >= 11 is 0. The monoisotopic (exact) mass is 1120 g/mol. The second kappa shape index (κ2) is 30.3. The fourth-order valence-corrected chi connectivity index (χ4v) is 7.96. The normalized spacial score (nSPS) is 10.6. The predicted molar refractivity (Wildman–Crippen MR) is 298 cm³/mol. The number of phenolic OH excluding ortho intramolecular Hbond substituents is 2. The fourth-order valence-electron chi connectivity index (χ4n) is 7.48. The Morgan fingerprint density at radius 2 is 0.963 bits per heavy atom. The molecule has 80 heavy (non-hydrogen) atoms. The molecule has 0 saturated heterocycles. The van der Waals surface area contributed by atoms with Crippen molar-refractivity contribution in [1.29, 1.82) is 0 Å². The molecule has 0 fully saturated rings. The van der Waals surface area contributed by atoms with Gasteiger partial charge in [0.2, 0.25) is 5.91 Å². The molecule has 0 bridgehead atoms. The van der Waals surface area contributed by atoms with Crippen LogP contribution in [0.25, 0.3) is 33.4 Å². The van der Waals surface area contributed by atoms with Gasteiger partial charge in [-0.15, -0.1) is 0 Å². The minimum Gasteiger partial charge on any atom is -0.508 e. The molecular weight excluding hydrogens is 1060 g/mol. The third-order valence-electron chi connectivity index (χ3n) is 11.4. The summed E-state index contributed by atoms with van der Waals surface area (Å²) in [5.41, 5.74) is 12.0. The van der Waals surface area contributed by atoms with Crippen LogP contribution in [0, 0.1) is 45.1 Å². The van der Waals surface area contributed by atoms with Gasteiger partial charge in [0.05, 0.1) is 11.1 Å². The summed E-state index contributed by atoms with van der Waals surface area (Å²) in [6.45, 7) is 10.2. The third-order valence-corrected chi connectivity index (χ3v) is 12.3. The Morgan fingerprint density at radius 3 is 1.39 bits per heavy atom. The molecular formula is C62H58F6N2O9S. The van der Waals surface area contributed by atoms with Gasteiger partial charge in [0.15, 0.2) is 24.6 Å². The first kappa shape index (κ1) is 63.7. The first-order valence-electron chi connectivity index (χ1n) is 24.4. The first-order valence-corrected chi connectivity index (χ1v) is 25.8. The van der Waals surface area contributed by atoms with E-state index in [1.165, 1.54) is 79.6 Å². The molecule has 418 valence electrons. The quantitative estimate of drug-likeness (QED) is 0.0374. The lowest BCUT2D eigenvalue weighted by Crippen LogP contribution is -2.28. The Labute approximate surface area is 460 Å². The van der Waals surface area contributed by atoms with Crippen molar-refractivity contribution in [2.24, 2.45) is 5.73 Å². The molecule has 8 aromatic rings. The predicted octanol–water partition coefficient (Wildman–Crippen LogP) is 13.3. The third kappa shape index (κ3) is 19.9. The van der Waals surface area contributed by atoms with Crippen molar-refractivity contribution < 1.29 is 68.3 Å². The molecule has 0 aliphatic heterocycles. The van der Waals surface area contributed by atoms with Crippen LogP contribution in [0.4, 0.5) is 26.3 Å². The van der Waals surface area contributed by atoms with Crippen molar-refractivity contribution in [3.63, 3.8) is 0 Å². The van der Waals surface area contributed by atoms with Crippen molar-refractivity contribution in [3.05, 3.63) is 231 Å². The summed E-state index contributed by atoms with van der Waals surface area (Å²) in [4.78, 5) is 42.4. The Morgan fingerprint density at radius 1 is 0.550 bits per heavy atom. The van der Waals surface area contributed by atoms with Crippen molar-refractivity contribution >= 4 is 34.9 Å². The summed E-state index contributed by atoms with van der Waals surface area (Å²) < 4.78 is 101. The summed E-state index contributed by atoms with van der Waals surface area (Å²) in [6, 6.07) is 44.8. The van der Waals surface area contributed by atoms with Crippen LogP contribution in [0.3, 0.4) is 0 Å². The zero-order chi connectivity index (χ0) is 59.2. The van der Waals surface area contributed by atoms with Crippen LogP contribution in [0.2, 0.25) is 0 Å². The number of benzene rings is 8.